The Morgan fingerprint density at radius 3 is 2.47 bits per heavy atom. The Labute approximate surface area is 115 Å². The third kappa shape index (κ3) is 3.83. The molecule has 2 nitrogen and oxygen atoms in total. The highest BCUT2D eigenvalue weighted by Crippen LogP contribution is 2.15. The Hall–Kier alpha value is -1.80. The van der Waals surface area contributed by atoms with Crippen LogP contribution in [0.4, 0.5) is 5.69 Å². The lowest BCUT2D eigenvalue weighted by Crippen LogP contribution is -2.22. The average Bonchev–Trinajstić information content (AvgIpc) is 2.40. The molecule has 0 atom stereocenters. The summed E-state index contributed by atoms with van der Waals surface area (Å²) in [5.41, 5.74) is 10.8. The van der Waals surface area contributed by atoms with E-state index in [1.54, 1.807) is 0 Å². The molecule has 0 spiro atoms. The van der Waals surface area contributed by atoms with Gasteiger partial charge in [0.2, 0.25) is 0 Å². The second-order valence-electron chi connectivity index (χ2n) is 4.99. The Balaban J connectivity index is 2.07. The topological polar surface area (TPSA) is 29.3 Å². The Bertz CT molecular complexity index is 534. The van der Waals surface area contributed by atoms with Gasteiger partial charge in [-0.15, -0.1) is 0 Å². The molecule has 0 aromatic heterocycles. The van der Waals surface area contributed by atoms with Crippen molar-refractivity contribution in [3.63, 3.8) is 0 Å². The number of aryl methyl sites for hydroxylation is 1. The van der Waals surface area contributed by atoms with E-state index in [2.05, 4.69) is 49.1 Å². The summed E-state index contributed by atoms with van der Waals surface area (Å²) >= 11 is 0. The highest BCUT2D eigenvalue weighted by molar-refractivity contribution is 5.46. The third-order valence-electron chi connectivity index (χ3n) is 3.38. The molecule has 0 radical (unpaired) electrons. The van der Waals surface area contributed by atoms with Gasteiger partial charge in [-0.2, -0.15) is 0 Å². The van der Waals surface area contributed by atoms with E-state index in [9.17, 15) is 0 Å². The monoisotopic (exact) mass is 254 g/mol. The van der Waals surface area contributed by atoms with E-state index in [0.29, 0.717) is 0 Å². The highest BCUT2D eigenvalue weighted by Gasteiger charge is 2.07. The molecule has 19 heavy (non-hydrogen) atoms. The smallest absolute Gasteiger partial charge is 0.0359 e. The van der Waals surface area contributed by atoms with Crippen molar-refractivity contribution in [1.29, 1.82) is 0 Å². The summed E-state index contributed by atoms with van der Waals surface area (Å²) < 4.78 is 0. The fourth-order valence-corrected chi connectivity index (χ4v) is 2.27. The zero-order valence-electron chi connectivity index (χ0n) is 11.8. The van der Waals surface area contributed by atoms with Crippen LogP contribution in [0.15, 0.2) is 48.5 Å². The van der Waals surface area contributed by atoms with Crippen molar-refractivity contribution in [1.82, 2.24) is 4.90 Å². The molecule has 2 aromatic rings. The number of nitrogen functional groups attached to an aromatic ring is 1. The summed E-state index contributed by atoms with van der Waals surface area (Å²) in [6, 6.07) is 16.8. The van der Waals surface area contributed by atoms with Crippen LogP contribution in [0.3, 0.4) is 0 Å². The maximum absolute atomic E-state index is 6.01. The highest BCUT2D eigenvalue weighted by atomic mass is 15.1. The SMILES string of the molecule is CCN(Cc1cccc(C)c1)Cc1ccccc1N. The fourth-order valence-electron chi connectivity index (χ4n) is 2.27. The van der Waals surface area contributed by atoms with Gasteiger partial charge in [0, 0.05) is 18.8 Å². The number of benzene rings is 2. The van der Waals surface area contributed by atoms with Crippen molar-refractivity contribution >= 4 is 5.69 Å². The first-order chi connectivity index (χ1) is 9.19. The maximum Gasteiger partial charge on any atom is 0.0359 e. The zero-order valence-corrected chi connectivity index (χ0v) is 11.8. The molecule has 0 saturated heterocycles. The number of nitrogens with zero attached hydrogens (tertiary/aromatic N) is 1. The fraction of sp³-hybridized carbons (Fsp3) is 0.294. The summed E-state index contributed by atoms with van der Waals surface area (Å²) in [6.07, 6.45) is 0. The minimum atomic E-state index is 0.880. The number of anilines is 1. The molecule has 0 bridgehead atoms. The van der Waals surface area contributed by atoms with Gasteiger partial charge in [-0.3, -0.25) is 4.90 Å². The van der Waals surface area contributed by atoms with Crippen LogP contribution in [0.25, 0.3) is 0 Å². The van der Waals surface area contributed by atoms with Crippen molar-refractivity contribution in [2.75, 3.05) is 12.3 Å². The standard InChI is InChI=1S/C17H22N2/c1-3-19(12-15-8-6-7-14(2)11-15)13-16-9-4-5-10-17(16)18/h4-11H,3,12-13,18H2,1-2H3. The molecule has 0 amide bonds. The van der Waals surface area contributed by atoms with Gasteiger partial charge >= 0.3 is 0 Å². The summed E-state index contributed by atoms with van der Waals surface area (Å²) in [5, 5.41) is 0. The number of rotatable bonds is 5. The largest absolute Gasteiger partial charge is 0.398 e. The first-order valence-corrected chi connectivity index (χ1v) is 6.80. The van der Waals surface area contributed by atoms with Crippen LogP contribution in [-0.4, -0.2) is 11.4 Å². The molecule has 0 aliphatic rings. The van der Waals surface area contributed by atoms with Gasteiger partial charge in [0.25, 0.3) is 0 Å². The van der Waals surface area contributed by atoms with Crippen LogP contribution in [0.5, 0.6) is 0 Å². The lowest BCUT2D eigenvalue weighted by atomic mass is 10.1. The molecule has 2 N–H and O–H groups in total. The van der Waals surface area contributed by atoms with Gasteiger partial charge in [-0.1, -0.05) is 55.0 Å². The number of para-hydroxylation sites is 1. The number of nitrogens with two attached hydrogens (primary N) is 1. The number of hydrogen-bond donors (Lipinski definition) is 1. The Morgan fingerprint density at radius 2 is 1.79 bits per heavy atom. The third-order valence-corrected chi connectivity index (χ3v) is 3.38. The summed E-state index contributed by atoms with van der Waals surface area (Å²) in [4.78, 5) is 2.40. The Morgan fingerprint density at radius 1 is 1.00 bits per heavy atom. The van der Waals surface area contributed by atoms with Gasteiger partial charge in [-0.05, 0) is 30.7 Å². The summed E-state index contributed by atoms with van der Waals surface area (Å²) in [6.45, 7) is 7.20. The molecule has 2 heteroatoms. The van der Waals surface area contributed by atoms with Gasteiger partial charge < -0.3 is 5.73 Å². The van der Waals surface area contributed by atoms with Crippen LogP contribution in [0.2, 0.25) is 0 Å². The molecular weight excluding hydrogens is 232 g/mol. The van der Waals surface area contributed by atoms with E-state index >= 15 is 0 Å². The molecule has 2 aromatic carbocycles. The van der Waals surface area contributed by atoms with Gasteiger partial charge in [0.05, 0.1) is 0 Å². The van der Waals surface area contributed by atoms with Gasteiger partial charge in [0.1, 0.15) is 0 Å². The van der Waals surface area contributed by atoms with E-state index in [0.717, 1.165) is 25.3 Å². The quantitative estimate of drug-likeness (QED) is 0.826. The minimum Gasteiger partial charge on any atom is -0.398 e. The van der Waals surface area contributed by atoms with Crippen molar-refractivity contribution in [3.8, 4) is 0 Å². The molecule has 0 fully saturated rings. The molecule has 2 rings (SSSR count). The summed E-state index contributed by atoms with van der Waals surface area (Å²) in [7, 11) is 0. The average molecular weight is 254 g/mol. The molecule has 0 saturated carbocycles. The van der Waals surface area contributed by atoms with Crippen LogP contribution >= 0.6 is 0 Å². The van der Waals surface area contributed by atoms with E-state index in [4.69, 9.17) is 5.73 Å². The van der Waals surface area contributed by atoms with E-state index < -0.39 is 0 Å². The molecule has 0 unspecified atom stereocenters. The van der Waals surface area contributed by atoms with Crippen molar-refractivity contribution in [2.45, 2.75) is 26.9 Å². The van der Waals surface area contributed by atoms with Gasteiger partial charge in [0.15, 0.2) is 0 Å². The minimum absolute atomic E-state index is 0.880. The molecular formula is C17H22N2. The normalized spacial score (nSPS) is 10.9. The van der Waals surface area contributed by atoms with E-state index in [1.165, 1.54) is 16.7 Å². The molecule has 0 aliphatic heterocycles. The second-order valence-corrected chi connectivity index (χ2v) is 4.99. The predicted molar refractivity (Wildman–Crippen MR) is 81.8 cm³/mol. The lowest BCUT2D eigenvalue weighted by molar-refractivity contribution is 0.272. The van der Waals surface area contributed by atoms with Crippen molar-refractivity contribution in [3.05, 3.63) is 65.2 Å². The second kappa shape index (κ2) is 6.39. The van der Waals surface area contributed by atoms with Crippen molar-refractivity contribution in [2.24, 2.45) is 0 Å². The van der Waals surface area contributed by atoms with Crippen LogP contribution in [0.1, 0.15) is 23.6 Å². The first-order valence-electron chi connectivity index (χ1n) is 6.80. The van der Waals surface area contributed by atoms with Crippen LogP contribution < -0.4 is 5.73 Å². The van der Waals surface area contributed by atoms with Crippen LogP contribution in [-0.2, 0) is 13.1 Å². The first kappa shape index (κ1) is 13.6. The lowest BCUT2D eigenvalue weighted by Gasteiger charge is -2.21. The van der Waals surface area contributed by atoms with Gasteiger partial charge in [-0.25, -0.2) is 0 Å². The van der Waals surface area contributed by atoms with Crippen molar-refractivity contribution < 1.29 is 0 Å². The number of hydrogen-bond acceptors (Lipinski definition) is 2. The van der Waals surface area contributed by atoms with E-state index in [-0.39, 0.29) is 0 Å². The molecule has 100 valence electrons. The van der Waals surface area contributed by atoms with E-state index in [1.807, 2.05) is 18.2 Å². The Kier molecular flexibility index (Phi) is 4.58. The molecule has 0 aliphatic carbocycles. The maximum atomic E-state index is 6.01. The van der Waals surface area contributed by atoms with Crippen LogP contribution in [0, 0.1) is 6.92 Å². The molecule has 0 heterocycles. The predicted octanol–water partition coefficient (Wildman–Crippen LogP) is 3.60. The zero-order chi connectivity index (χ0) is 13.7. The summed E-state index contributed by atoms with van der Waals surface area (Å²) in [5.74, 6) is 0.